The monoisotopic (exact) mass is 186 g/mol. The first kappa shape index (κ1) is 10.1. The van der Waals surface area contributed by atoms with Crippen molar-refractivity contribution in [3.8, 4) is 11.1 Å². The minimum Gasteiger partial charge on any atom is -0.265 e. The van der Waals surface area contributed by atoms with E-state index in [0.717, 1.165) is 0 Å². The van der Waals surface area contributed by atoms with Gasteiger partial charge in [-0.15, -0.1) is 0 Å². The van der Waals surface area contributed by atoms with Crippen LogP contribution in [0.3, 0.4) is 0 Å². The predicted molar refractivity (Wildman–Crippen MR) is 55.8 cm³/mol. The highest BCUT2D eigenvalue weighted by Crippen LogP contribution is 2.16. The number of pyridine rings is 1. The third-order valence-corrected chi connectivity index (χ3v) is 1.79. The number of nitroso groups, excluding NO2 is 1. The standard InChI is InChI=1S/C11H9N.HNO/c1-2-4-10(5-3-1)11-6-8-12-9-7-11;1-2/h1-9H;1H. The molecule has 0 amide bonds. The number of benzene rings is 1. The summed E-state index contributed by atoms with van der Waals surface area (Å²) in [7, 11) is 0. The molecule has 1 aromatic carbocycles. The van der Waals surface area contributed by atoms with Gasteiger partial charge in [0.2, 0.25) is 0 Å². The summed E-state index contributed by atoms with van der Waals surface area (Å²) in [4.78, 5) is 11.5. The molecule has 3 heteroatoms. The molecule has 1 heterocycles. The van der Waals surface area contributed by atoms with Crippen molar-refractivity contribution in [3.05, 3.63) is 59.8 Å². The summed E-state index contributed by atoms with van der Waals surface area (Å²) in [5, 5.41) is 0. The molecule has 2 rings (SSSR count). The fourth-order valence-corrected chi connectivity index (χ4v) is 1.17. The number of hydrogen-bond donors (Lipinski definition) is 1. The van der Waals surface area contributed by atoms with Crippen LogP contribution in [0.2, 0.25) is 0 Å². The highest BCUT2D eigenvalue weighted by atomic mass is 16.2. The molecule has 1 aromatic heterocycles. The molecule has 1 N–H and O–H groups in total. The first-order valence-electron chi connectivity index (χ1n) is 4.13. The molecule has 2 aromatic rings. The van der Waals surface area contributed by atoms with Crippen molar-refractivity contribution in [1.82, 2.24) is 4.98 Å². The van der Waals surface area contributed by atoms with Crippen molar-refractivity contribution in [3.63, 3.8) is 0 Å². The maximum absolute atomic E-state index is 7.50. The first-order chi connectivity index (χ1) is 6.97. The van der Waals surface area contributed by atoms with Crippen LogP contribution in [0.1, 0.15) is 0 Å². The van der Waals surface area contributed by atoms with Crippen LogP contribution in [0.5, 0.6) is 0 Å². The van der Waals surface area contributed by atoms with Gasteiger partial charge in [-0.2, -0.15) is 4.91 Å². The molecule has 0 saturated carbocycles. The minimum absolute atomic E-state index is 1.21. The molecule has 0 atom stereocenters. The molecule has 14 heavy (non-hydrogen) atoms. The lowest BCUT2D eigenvalue weighted by molar-refractivity contribution is 1.33. The van der Waals surface area contributed by atoms with Gasteiger partial charge in [-0.1, -0.05) is 35.9 Å². The Balaban J connectivity index is 0.000000461. The number of nitrogens with one attached hydrogen (secondary N) is 1. The summed E-state index contributed by atoms with van der Waals surface area (Å²) in [6.07, 6.45) is 3.62. The molecule has 0 fully saturated rings. The van der Waals surface area contributed by atoms with Crippen LogP contribution in [0.4, 0.5) is 0 Å². The molecule has 0 spiro atoms. The lowest BCUT2D eigenvalue weighted by Crippen LogP contribution is -1.76. The fraction of sp³-hybridized carbons (Fsp3) is 0. The van der Waals surface area contributed by atoms with Crippen molar-refractivity contribution >= 4 is 0 Å². The molecule has 0 aliphatic heterocycles. The number of hydrogen-bond acceptors (Lipinski definition) is 3. The summed E-state index contributed by atoms with van der Waals surface area (Å²) < 4.78 is 0. The molecule has 0 aliphatic rings. The molecular weight excluding hydrogens is 176 g/mol. The highest BCUT2D eigenvalue weighted by molar-refractivity contribution is 5.62. The van der Waals surface area contributed by atoms with Crippen molar-refractivity contribution in [1.29, 1.82) is 5.59 Å². The van der Waals surface area contributed by atoms with E-state index in [4.69, 9.17) is 4.91 Å². The third kappa shape index (κ3) is 2.48. The zero-order valence-electron chi connectivity index (χ0n) is 7.55. The molecule has 0 saturated heterocycles. The number of rotatable bonds is 1. The molecule has 0 unspecified atom stereocenters. The summed E-state index contributed by atoms with van der Waals surface area (Å²) >= 11 is 0. The predicted octanol–water partition coefficient (Wildman–Crippen LogP) is 3.08. The Hall–Kier alpha value is -2.03. The van der Waals surface area contributed by atoms with Crippen LogP contribution < -0.4 is 0 Å². The smallest absolute Gasteiger partial charge is 0.0273 e. The Morgan fingerprint density at radius 2 is 1.29 bits per heavy atom. The normalized spacial score (nSPS) is 8.57. The topological polar surface area (TPSA) is 53.8 Å². The van der Waals surface area contributed by atoms with Gasteiger partial charge in [0.1, 0.15) is 0 Å². The highest BCUT2D eigenvalue weighted by Gasteiger charge is 1.92. The molecule has 0 radical (unpaired) electrons. The summed E-state index contributed by atoms with van der Waals surface area (Å²) in [6, 6.07) is 14.3. The van der Waals surface area contributed by atoms with Gasteiger partial charge in [0, 0.05) is 12.4 Å². The van der Waals surface area contributed by atoms with Gasteiger partial charge in [0.25, 0.3) is 0 Å². The Morgan fingerprint density at radius 3 is 1.86 bits per heavy atom. The van der Waals surface area contributed by atoms with Crippen molar-refractivity contribution < 1.29 is 0 Å². The second kappa shape index (κ2) is 5.59. The van der Waals surface area contributed by atoms with Gasteiger partial charge >= 0.3 is 0 Å². The Morgan fingerprint density at radius 1 is 0.786 bits per heavy atom. The quantitative estimate of drug-likeness (QED) is 0.696. The van der Waals surface area contributed by atoms with Crippen LogP contribution >= 0.6 is 0 Å². The van der Waals surface area contributed by atoms with E-state index in [0.29, 0.717) is 0 Å². The van der Waals surface area contributed by atoms with Crippen molar-refractivity contribution in [2.75, 3.05) is 0 Å². The van der Waals surface area contributed by atoms with Crippen LogP contribution in [-0.2, 0) is 0 Å². The van der Waals surface area contributed by atoms with E-state index in [-0.39, 0.29) is 0 Å². The lowest BCUT2D eigenvalue weighted by Gasteiger charge is -1.98. The van der Waals surface area contributed by atoms with Gasteiger partial charge in [-0.3, -0.25) is 4.98 Å². The number of aromatic nitrogens is 1. The van der Waals surface area contributed by atoms with E-state index in [9.17, 15) is 0 Å². The summed E-state index contributed by atoms with van der Waals surface area (Å²) in [5.74, 6) is 0. The van der Waals surface area contributed by atoms with Gasteiger partial charge in [-0.25, -0.2) is 0 Å². The zero-order chi connectivity index (χ0) is 10.2. The molecule has 70 valence electrons. The zero-order valence-corrected chi connectivity index (χ0v) is 7.55. The van der Waals surface area contributed by atoms with Crippen molar-refractivity contribution in [2.24, 2.45) is 0 Å². The average molecular weight is 186 g/mol. The van der Waals surface area contributed by atoms with E-state index in [1.165, 1.54) is 11.1 Å². The fourth-order valence-electron chi connectivity index (χ4n) is 1.17. The van der Waals surface area contributed by atoms with Crippen molar-refractivity contribution in [2.45, 2.75) is 0 Å². The van der Waals surface area contributed by atoms with Gasteiger partial charge in [0.05, 0.1) is 0 Å². The second-order valence-electron chi connectivity index (χ2n) is 2.60. The van der Waals surface area contributed by atoms with Crippen LogP contribution in [0, 0.1) is 10.5 Å². The Bertz CT molecular complexity index is 324. The van der Waals surface area contributed by atoms with Gasteiger partial charge in [0.15, 0.2) is 0 Å². The van der Waals surface area contributed by atoms with Crippen LogP contribution in [0.25, 0.3) is 11.1 Å². The first-order valence-corrected chi connectivity index (χ1v) is 4.13. The maximum Gasteiger partial charge on any atom is 0.0273 e. The maximum atomic E-state index is 7.50. The molecule has 3 nitrogen and oxygen atoms in total. The van der Waals surface area contributed by atoms with E-state index < -0.39 is 0 Å². The molecule has 0 bridgehead atoms. The summed E-state index contributed by atoms with van der Waals surface area (Å²) in [6.45, 7) is 0. The van der Waals surface area contributed by atoms with Gasteiger partial charge < -0.3 is 0 Å². The number of nitrogens with zero attached hydrogens (tertiary/aromatic N) is 1. The molecular formula is C11H10N2O. The van der Waals surface area contributed by atoms with E-state index in [2.05, 4.69) is 22.7 Å². The van der Waals surface area contributed by atoms with E-state index in [1.807, 2.05) is 42.7 Å². The van der Waals surface area contributed by atoms with E-state index in [1.54, 1.807) is 0 Å². The SMILES string of the molecule is N=O.c1ccc(-c2ccncc2)cc1. The third-order valence-electron chi connectivity index (χ3n) is 1.79. The van der Waals surface area contributed by atoms with Gasteiger partial charge in [-0.05, 0) is 23.3 Å². The van der Waals surface area contributed by atoms with E-state index >= 15 is 0 Å². The second-order valence-corrected chi connectivity index (χ2v) is 2.60. The van der Waals surface area contributed by atoms with Crippen LogP contribution in [-0.4, -0.2) is 4.98 Å². The largest absolute Gasteiger partial charge is 0.265 e. The summed E-state index contributed by atoms with van der Waals surface area (Å²) in [5.41, 5.74) is 6.95. The molecule has 0 aliphatic carbocycles. The lowest BCUT2D eigenvalue weighted by atomic mass is 10.1. The Labute approximate surface area is 82.2 Å². The van der Waals surface area contributed by atoms with Crippen LogP contribution in [0.15, 0.2) is 54.9 Å². The Kier molecular flexibility index (Phi) is 4.01. The average Bonchev–Trinajstić information content (AvgIpc) is 2.34. The minimum atomic E-state index is 1.21.